The number of hydrogen-bond donors (Lipinski definition) is 9. The molecule has 10 N–H and O–H groups in total. The first-order valence-electron chi connectivity index (χ1n) is 23.0. The molecular weight excluding hydrogens is 889 g/mol. The third kappa shape index (κ3) is 16.6. The Balaban J connectivity index is 1.61. The van der Waals surface area contributed by atoms with Crippen LogP contribution in [-0.2, 0) is 51.3 Å². The van der Waals surface area contributed by atoms with Crippen molar-refractivity contribution in [2.45, 2.75) is 123 Å². The number of amides is 7. The van der Waals surface area contributed by atoms with Crippen LogP contribution in [0.2, 0.25) is 0 Å². The minimum absolute atomic E-state index is 0.0390. The molecule has 1 heterocycles. The molecule has 0 bridgehead atoms. The van der Waals surface area contributed by atoms with Gasteiger partial charge in [-0.2, -0.15) is 0 Å². The highest BCUT2D eigenvalue weighted by Gasteiger charge is 2.39. The number of ether oxygens (including phenoxy) is 1. The van der Waals surface area contributed by atoms with Gasteiger partial charge in [-0.3, -0.25) is 43.5 Å². The zero-order valence-corrected chi connectivity index (χ0v) is 40.2. The topological polar surface area (TPSA) is 306 Å². The van der Waals surface area contributed by atoms with Gasteiger partial charge in [0, 0.05) is 12.0 Å². The summed E-state index contributed by atoms with van der Waals surface area (Å²) < 4.78 is 5.90. The number of aromatic nitrogens is 3. The van der Waals surface area contributed by atoms with Gasteiger partial charge in [0.15, 0.2) is 0 Å². The van der Waals surface area contributed by atoms with Gasteiger partial charge in [0.1, 0.15) is 35.7 Å². The number of carbonyl (C=O) groups excluding carboxylic acids is 8. The largest absolute Gasteiger partial charge is 0.394 e. The Hall–Kier alpha value is -7.06. The molecule has 0 spiro atoms. The summed E-state index contributed by atoms with van der Waals surface area (Å²) in [5.41, 5.74) is 7.64. The van der Waals surface area contributed by atoms with E-state index >= 15 is 0 Å². The summed E-state index contributed by atoms with van der Waals surface area (Å²) in [5, 5.41) is 36.5. The number of aromatic amines is 1. The van der Waals surface area contributed by atoms with Gasteiger partial charge in [0.05, 0.1) is 31.4 Å². The Labute approximate surface area is 401 Å². The predicted molar refractivity (Wildman–Crippen MR) is 255 cm³/mol. The second-order valence-electron chi connectivity index (χ2n) is 18.4. The van der Waals surface area contributed by atoms with Crippen molar-refractivity contribution in [3.8, 4) is 0 Å². The van der Waals surface area contributed by atoms with E-state index < -0.39 is 102 Å². The number of fused-ring (bicyclic) bond motifs is 1. The maximum atomic E-state index is 14.6. The molecule has 4 aromatic rings. The fourth-order valence-corrected chi connectivity index (χ4v) is 7.28. The Kier molecular flexibility index (Phi) is 20.5. The molecule has 20 nitrogen and oxygen atoms in total. The molecule has 1 aromatic heterocycles. The van der Waals surface area contributed by atoms with Crippen LogP contribution in [0.1, 0.15) is 94.3 Å². The van der Waals surface area contributed by atoms with E-state index in [9.17, 15) is 43.5 Å². The van der Waals surface area contributed by atoms with E-state index in [1.54, 1.807) is 63.2 Å². The number of aliphatic hydroxyl groups excluding tert-OH is 1. The molecular formula is C49H66N10O10. The molecule has 7 amide bonds. The van der Waals surface area contributed by atoms with Crippen LogP contribution >= 0.6 is 0 Å². The number of carbonyl (C=O) groups is 8. The maximum absolute atomic E-state index is 14.6. The average Bonchev–Trinajstić information content (AvgIpc) is 3.78. The van der Waals surface area contributed by atoms with Crippen LogP contribution in [0.5, 0.6) is 0 Å². The number of primary amides is 1. The number of H-pyrrole nitrogens is 1. The van der Waals surface area contributed by atoms with Crippen molar-refractivity contribution < 1.29 is 48.2 Å². The van der Waals surface area contributed by atoms with Gasteiger partial charge in [-0.25, -0.2) is 0 Å². The smallest absolute Gasteiger partial charge is 0.287 e. The fraction of sp³-hybridized carbons (Fsp3) is 0.469. The van der Waals surface area contributed by atoms with E-state index in [0.29, 0.717) is 29.4 Å². The molecule has 0 radical (unpaired) electrons. The van der Waals surface area contributed by atoms with Crippen LogP contribution < -0.4 is 37.6 Å². The number of ketones is 1. The second kappa shape index (κ2) is 25.9. The molecule has 372 valence electrons. The van der Waals surface area contributed by atoms with Gasteiger partial charge in [-0.05, 0) is 66.0 Å². The van der Waals surface area contributed by atoms with E-state index in [1.807, 2.05) is 45.9 Å². The van der Waals surface area contributed by atoms with Gasteiger partial charge in [-0.1, -0.05) is 114 Å². The maximum Gasteiger partial charge on any atom is 0.287 e. The number of aliphatic hydroxyl groups is 1. The highest BCUT2D eigenvalue weighted by Crippen LogP contribution is 2.21. The third-order valence-corrected chi connectivity index (χ3v) is 11.2. The highest BCUT2D eigenvalue weighted by atomic mass is 16.5. The first-order chi connectivity index (χ1) is 32.7. The standard InChI is InChI=1S/C49H66N10O10/c1-8-9-19-34(40(61)42(50)62)51-44(64)36(22-28(2)3)53-48(68)41(49(5,6)7)56-45(65)37(23-31-18-14-13-15-29(31)4)52-47(67)39(27-69-26-30-16-11-10-12-17-30)55-46(66)38(25-60)54-43(63)32-20-21-33-35(24-32)58-59-57-33/h10-18,20-21,24,28,34,36-39,41,60H,8-9,19,22-23,25-27H2,1-7H3,(H2,50,62)(H,51,64)(H,52,67)(H,53,68)(H,54,63)(H,55,66)(H,56,65)(H,57,58,59)/t34?,36-,37-,38-,39+,41+/m0/s1. The molecule has 1 unspecified atom stereocenters. The van der Waals surface area contributed by atoms with E-state index in [-0.39, 0.29) is 37.4 Å². The lowest BCUT2D eigenvalue weighted by Gasteiger charge is -2.34. The number of aryl methyl sites for hydroxylation is 1. The minimum atomic E-state index is -1.53. The molecule has 0 fully saturated rings. The molecule has 0 aliphatic rings. The van der Waals surface area contributed by atoms with Gasteiger partial charge in [0.2, 0.25) is 35.3 Å². The molecule has 0 aliphatic carbocycles. The minimum Gasteiger partial charge on any atom is -0.394 e. The molecule has 0 saturated heterocycles. The average molecular weight is 955 g/mol. The number of Topliss-reactive ketones (excluding diaryl/α,β-unsaturated/α-hetero) is 1. The summed E-state index contributed by atoms with van der Waals surface area (Å²) in [7, 11) is 0. The lowest BCUT2D eigenvalue weighted by Crippen LogP contribution is -2.62. The first-order valence-corrected chi connectivity index (χ1v) is 23.0. The quantitative estimate of drug-likeness (QED) is 0.0406. The zero-order valence-electron chi connectivity index (χ0n) is 40.2. The Morgan fingerprint density at radius 1 is 0.739 bits per heavy atom. The van der Waals surface area contributed by atoms with Gasteiger partial charge >= 0.3 is 0 Å². The first kappa shape index (κ1) is 54.5. The van der Waals surface area contributed by atoms with Crippen LogP contribution in [0.4, 0.5) is 0 Å². The second-order valence-corrected chi connectivity index (χ2v) is 18.4. The zero-order chi connectivity index (χ0) is 50.8. The molecule has 0 saturated carbocycles. The van der Waals surface area contributed by atoms with Crippen molar-refractivity contribution in [3.05, 3.63) is 95.1 Å². The van der Waals surface area contributed by atoms with Crippen molar-refractivity contribution in [1.82, 2.24) is 47.3 Å². The van der Waals surface area contributed by atoms with Crippen molar-refractivity contribution >= 4 is 58.2 Å². The fourth-order valence-electron chi connectivity index (χ4n) is 7.28. The Bertz CT molecular complexity index is 2420. The monoisotopic (exact) mass is 954 g/mol. The van der Waals surface area contributed by atoms with Gasteiger partial charge in [-0.15, -0.1) is 5.10 Å². The van der Waals surface area contributed by atoms with Crippen LogP contribution in [0.15, 0.2) is 72.8 Å². The number of rotatable bonds is 26. The Morgan fingerprint density at radius 2 is 1.35 bits per heavy atom. The molecule has 3 aromatic carbocycles. The van der Waals surface area contributed by atoms with Crippen molar-refractivity contribution in [2.75, 3.05) is 13.2 Å². The number of nitrogens with two attached hydrogens (primary N) is 1. The summed E-state index contributed by atoms with van der Waals surface area (Å²) in [5.74, 6) is -7.02. The number of nitrogens with one attached hydrogen (secondary N) is 7. The van der Waals surface area contributed by atoms with Crippen LogP contribution in [0.25, 0.3) is 11.0 Å². The van der Waals surface area contributed by atoms with Crippen molar-refractivity contribution in [2.24, 2.45) is 17.1 Å². The summed E-state index contributed by atoms with van der Waals surface area (Å²) in [6.45, 7) is 11.3. The third-order valence-electron chi connectivity index (χ3n) is 11.2. The predicted octanol–water partition coefficient (Wildman–Crippen LogP) is 1.58. The summed E-state index contributed by atoms with van der Waals surface area (Å²) in [4.78, 5) is 109. The molecule has 20 heteroatoms. The number of unbranched alkanes of at least 4 members (excludes halogenated alkanes) is 1. The lowest BCUT2D eigenvalue weighted by atomic mass is 9.85. The van der Waals surface area contributed by atoms with Crippen LogP contribution in [-0.4, -0.2) is 117 Å². The SMILES string of the molecule is CCCCC(NC(=O)[C@H](CC(C)C)NC(=O)[C@@H](NC(=O)[C@H](Cc1ccccc1C)NC(=O)[C@@H](COCc1ccccc1)NC(=O)[C@H](CO)NC(=O)c1ccc2[nH]nnc2c1)C(C)(C)C)C(=O)C(N)=O. The van der Waals surface area contributed by atoms with E-state index in [2.05, 4.69) is 47.3 Å². The summed E-state index contributed by atoms with van der Waals surface area (Å²) >= 11 is 0. The summed E-state index contributed by atoms with van der Waals surface area (Å²) in [6.07, 6.45) is 1.42. The number of nitrogens with zero attached hydrogens (tertiary/aromatic N) is 2. The van der Waals surface area contributed by atoms with Crippen LogP contribution in [0.3, 0.4) is 0 Å². The molecule has 6 atom stereocenters. The van der Waals surface area contributed by atoms with E-state index in [1.165, 1.54) is 12.1 Å². The molecule has 4 rings (SSSR count). The van der Waals surface area contributed by atoms with Crippen molar-refractivity contribution in [1.29, 1.82) is 0 Å². The Morgan fingerprint density at radius 3 is 1.99 bits per heavy atom. The number of benzene rings is 3. The highest BCUT2D eigenvalue weighted by molar-refractivity contribution is 6.37. The number of hydrogen-bond acceptors (Lipinski definition) is 12. The van der Waals surface area contributed by atoms with Crippen LogP contribution in [0, 0.1) is 18.3 Å². The van der Waals surface area contributed by atoms with Crippen molar-refractivity contribution in [3.63, 3.8) is 0 Å². The van der Waals surface area contributed by atoms with Gasteiger partial charge < -0.3 is 47.5 Å². The van der Waals surface area contributed by atoms with Gasteiger partial charge in [0.25, 0.3) is 11.8 Å². The molecule has 69 heavy (non-hydrogen) atoms. The lowest BCUT2D eigenvalue weighted by molar-refractivity contribution is -0.139. The van der Waals surface area contributed by atoms with E-state index in [4.69, 9.17) is 10.5 Å². The molecule has 0 aliphatic heterocycles. The summed E-state index contributed by atoms with van der Waals surface area (Å²) in [6, 6.07) is 12.7. The van der Waals surface area contributed by atoms with E-state index in [0.717, 1.165) is 11.1 Å². The normalized spacial score (nSPS) is 14.0.